The van der Waals surface area contributed by atoms with Crippen LogP contribution in [0.5, 0.6) is 0 Å². The molecular weight excluding hydrogens is 228 g/mol. The molecule has 1 saturated heterocycles. The summed E-state index contributed by atoms with van der Waals surface area (Å²) in [6.07, 6.45) is 5.47. The van der Waals surface area contributed by atoms with Gasteiger partial charge in [-0.3, -0.25) is 0 Å². The Kier molecular flexibility index (Phi) is 3.58. The summed E-state index contributed by atoms with van der Waals surface area (Å²) in [4.78, 5) is 13.9. The van der Waals surface area contributed by atoms with E-state index in [1.807, 2.05) is 25.7 Å². The van der Waals surface area contributed by atoms with Crippen LogP contribution in [0.2, 0.25) is 0 Å². The Morgan fingerprint density at radius 1 is 1.33 bits per heavy atom. The topological polar surface area (TPSA) is 55.6 Å². The predicted octanol–water partition coefficient (Wildman–Crippen LogP) is 2.51. The number of carbonyl (C=O) groups is 1. The molecule has 4 heteroatoms. The normalized spacial score (nSPS) is 32.9. The number of nitrogens with two attached hydrogens (primary N) is 1. The van der Waals surface area contributed by atoms with E-state index in [-0.39, 0.29) is 11.6 Å². The fourth-order valence-electron chi connectivity index (χ4n) is 3.13. The van der Waals surface area contributed by atoms with Crippen LogP contribution in [0.15, 0.2) is 0 Å². The van der Waals surface area contributed by atoms with Crippen LogP contribution in [-0.4, -0.2) is 35.2 Å². The van der Waals surface area contributed by atoms with Gasteiger partial charge in [0.1, 0.15) is 5.60 Å². The van der Waals surface area contributed by atoms with Gasteiger partial charge in [0.2, 0.25) is 0 Å². The van der Waals surface area contributed by atoms with Crippen LogP contribution < -0.4 is 5.73 Å². The van der Waals surface area contributed by atoms with Gasteiger partial charge in [0.15, 0.2) is 0 Å². The van der Waals surface area contributed by atoms with Gasteiger partial charge >= 0.3 is 6.09 Å². The minimum Gasteiger partial charge on any atom is -0.444 e. The van der Waals surface area contributed by atoms with Crippen molar-refractivity contribution < 1.29 is 9.53 Å². The second kappa shape index (κ2) is 4.72. The first-order valence-corrected chi connectivity index (χ1v) is 7.07. The maximum absolute atomic E-state index is 12.1. The zero-order valence-electron chi connectivity index (χ0n) is 11.9. The van der Waals surface area contributed by atoms with E-state index >= 15 is 0 Å². The molecule has 0 bridgehead atoms. The maximum atomic E-state index is 12.1. The maximum Gasteiger partial charge on any atom is 0.410 e. The second-order valence-corrected chi connectivity index (χ2v) is 6.85. The second-order valence-electron chi connectivity index (χ2n) is 6.85. The van der Waals surface area contributed by atoms with Crippen LogP contribution in [0.25, 0.3) is 0 Å². The van der Waals surface area contributed by atoms with E-state index in [4.69, 9.17) is 10.5 Å². The number of fused-ring (bicyclic) bond motifs is 1. The van der Waals surface area contributed by atoms with Crippen LogP contribution in [0.3, 0.4) is 0 Å². The first kappa shape index (κ1) is 13.7. The Morgan fingerprint density at radius 3 is 2.72 bits per heavy atom. The molecule has 0 spiro atoms. The summed E-state index contributed by atoms with van der Waals surface area (Å²) in [7, 11) is 0. The number of hydrogen-bond donors (Lipinski definition) is 1. The van der Waals surface area contributed by atoms with Crippen LogP contribution in [0, 0.1) is 5.92 Å². The average molecular weight is 254 g/mol. The molecule has 18 heavy (non-hydrogen) atoms. The monoisotopic (exact) mass is 254 g/mol. The van der Waals surface area contributed by atoms with Crippen molar-refractivity contribution in [2.24, 2.45) is 11.7 Å². The van der Waals surface area contributed by atoms with Crippen molar-refractivity contribution in [3.8, 4) is 0 Å². The molecule has 2 aliphatic rings. The fourth-order valence-corrected chi connectivity index (χ4v) is 3.13. The van der Waals surface area contributed by atoms with Crippen molar-refractivity contribution in [2.45, 2.75) is 64.0 Å². The van der Waals surface area contributed by atoms with E-state index in [9.17, 15) is 4.79 Å². The molecule has 1 heterocycles. The Bertz CT molecular complexity index is 324. The summed E-state index contributed by atoms with van der Waals surface area (Å²) in [5.74, 6) is 0.451. The molecule has 1 saturated carbocycles. The Labute approximate surface area is 110 Å². The fraction of sp³-hybridized carbons (Fsp3) is 0.929. The van der Waals surface area contributed by atoms with Gasteiger partial charge in [-0.2, -0.15) is 0 Å². The largest absolute Gasteiger partial charge is 0.444 e. The highest BCUT2D eigenvalue weighted by molar-refractivity contribution is 5.68. The lowest BCUT2D eigenvalue weighted by Crippen LogP contribution is -2.59. The number of rotatable bonds is 0. The SMILES string of the molecule is CC(C)(C)OC(=O)N1CCC2(N)CCCCC2C1. The molecule has 2 fully saturated rings. The summed E-state index contributed by atoms with van der Waals surface area (Å²) in [6.45, 7) is 7.22. The third-order valence-corrected chi connectivity index (χ3v) is 4.20. The summed E-state index contributed by atoms with van der Waals surface area (Å²) in [5, 5.41) is 0. The molecule has 1 aliphatic carbocycles. The molecule has 0 radical (unpaired) electrons. The van der Waals surface area contributed by atoms with Crippen LogP contribution in [0.1, 0.15) is 52.9 Å². The molecule has 1 aliphatic heterocycles. The van der Waals surface area contributed by atoms with Crippen molar-refractivity contribution >= 4 is 6.09 Å². The van der Waals surface area contributed by atoms with Crippen molar-refractivity contribution in [2.75, 3.05) is 13.1 Å². The Hall–Kier alpha value is -0.770. The minimum absolute atomic E-state index is 0.0310. The summed E-state index contributed by atoms with van der Waals surface area (Å²) in [6, 6.07) is 0. The summed E-state index contributed by atoms with van der Waals surface area (Å²) >= 11 is 0. The van der Waals surface area contributed by atoms with Crippen molar-refractivity contribution in [3.05, 3.63) is 0 Å². The van der Waals surface area contributed by atoms with Gasteiger partial charge in [0.05, 0.1) is 0 Å². The van der Waals surface area contributed by atoms with Crippen LogP contribution in [-0.2, 0) is 4.74 Å². The van der Waals surface area contributed by atoms with E-state index in [1.165, 1.54) is 12.8 Å². The van der Waals surface area contributed by atoms with E-state index in [1.54, 1.807) is 0 Å². The molecule has 4 nitrogen and oxygen atoms in total. The number of likely N-dealkylation sites (tertiary alicyclic amines) is 1. The first-order valence-electron chi connectivity index (χ1n) is 7.07. The van der Waals surface area contributed by atoms with E-state index < -0.39 is 5.60 Å². The van der Waals surface area contributed by atoms with E-state index in [0.29, 0.717) is 5.92 Å². The molecule has 0 aromatic carbocycles. The quantitative estimate of drug-likeness (QED) is 0.722. The zero-order valence-corrected chi connectivity index (χ0v) is 11.9. The number of carbonyl (C=O) groups excluding carboxylic acids is 1. The third kappa shape index (κ3) is 2.97. The summed E-state index contributed by atoms with van der Waals surface area (Å²) < 4.78 is 5.44. The molecule has 104 valence electrons. The van der Waals surface area contributed by atoms with Gasteiger partial charge in [0, 0.05) is 18.6 Å². The highest BCUT2D eigenvalue weighted by atomic mass is 16.6. The third-order valence-electron chi connectivity index (χ3n) is 4.20. The lowest BCUT2D eigenvalue weighted by atomic mass is 9.69. The van der Waals surface area contributed by atoms with Crippen LogP contribution >= 0.6 is 0 Å². The first-order chi connectivity index (χ1) is 8.30. The molecule has 2 rings (SSSR count). The van der Waals surface area contributed by atoms with Crippen molar-refractivity contribution in [1.82, 2.24) is 4.90 Å². The minimum atomic E-state index is -0.416. The van der Waals surface area contributed by atoms with Gasteiger partial charge in [-0.05, 0) is 46.0 Å². The molecule has 2 N–H and O–H groups in total. The number of hydrogen-bond acceptors (Lipinski definition) is 3. The number of amides is 1. The molecule has 0 aromatic heterocycles. The molecule has 2 atom stereocenters. The number of nitrogens with zero attached hydrogens (tertiary/aromatic N) is 1. The molecule has 2 unspecified atom stereocenters. The number of ether oxygens (including phenoxy) is 1. The molecule has 0 aromatic rings. The van der Waals surface area contributed by atoms with Gasteiger partial charge < -0.3 is 15.4 Å². The highest BCUT2D eigenvalue weighted by Crippen LogP contribution is 2.38. The molecular formula is C14H26N2O2. The van der Waals surface area contributed by atoms with Crippen LogP contribution in [0.4, 0.5) is 4.79 Å². The summed E-state index contributed by atoms with van der Waals surface area (Å²) in [5.41, 5.74) is 6.03. The van der Waals surface area contributed by atoms with Crippen molar-refractivity contribution in [1.29, 1.82) is 0 Å². The van der Waals surface area contributed by atoms with Crippen molar-refractivity contribution in [3.63, 3.8) is 0 Å². The van der Waals surface area contributed by atoms with Gasteiger partial charge in [-0.25, -0.2) is 4.79 Å². The van der Waals surface area contributed by atoms with Gasteiger partial charge in [-0.15, -0.1) is 0 Å². The lowest BCUT2D eigenvalue weighted by molar-refractivity contribution is 0.000560. The lowest BCUT2D eigenvalue weighted by Gasteiger charge is -2.48. The van der Waals surface area contributed by atoms with E-state index in [2.05, 4.69) is 0 Å². The van der Waals surface area contributed by atoms with E-state index in [0.717, 1.165) is 32.4 Å². The van der Waals surface area contributed by atoms with Gasteiger partial charge in [-0.1, -0.05) is 12.8 Å². The Morgan fingerprint density at radius 2 is 2.06 bits per heavy atom. The Balaban J connectivity index is 1.96. The molecule has 1 amide bonds. The van der Waals surface area contributed by atoms with Gasteiger partial charge in [0.25, 0.3) is 0 Å². The highest BCUT2D eigenvalue weighted by Gasteiger charge is 2.43. The zero-order chi connectivity index (χ0) is 13.4. The smallest absolute Gasteiger partial charge is 0.410 e. The average Bonchev–Trinajstić information content (AvgIpc) is 2.25. The number of piperidine rings is 1. The predicted molar refractivity (Wildman–Crippen MR) is 71.3 cm³/mol. The standard InChI is InChI=1S/C14H26N2O2/c1-13(2,3)18-12(17)16-9-8-14(15)7-5-4-6-11(14)10-16/h11H,4-10,15H2,1-3H3.